The van der Waals surface area contributed by atoms with Crippen LogP contribution in [0.4, 0.5) is 19.0 Å². The number of sulfone groups is 1. The fourth-order valence-electron chi connectivity index (χ4n) is 5.21. The minimum atomic E-state index is -4.42. The molecule has 3 aromatic rings. The predicted molar refractivity (Wildman–Crippen MR) is 161 cm³/mol. The summed E-state index contributed by atoms with van der Waals surface area (Å²) < 4.78 is 75.1. The number of aliphatic hydroxyl groups is 1. The maximum Gasteiger partial charge on any atom is 0.416 e. The first-order chi connectivity index (χ1) is 21.5. The molecule has 2 aliphatic rings. The van der Waals surface area contributed by atoms with Gasteiger partial charge < -0.3 is 24.8 Å². The van der Waals surface area contributed by atoms with Gasteiger partial charge in [0.2, 0.25) is 0 Å². The van der Waals surface area contributed by atoms with E-state index < -0.39 is 40.1 Å². The highest BCUT2D eigenvalue weighted by atomic mass is 32.2. The lowest BCUT2D eigenvalue weighted by Gasteiger charge is -2.25. The number of carbonyl (C=O) groups is 1. The standard InChI is InChI=1S/C32H36F3N3O6S/c1-2-45(41,42)28-12-5-22(6-13-28)29(18-39)37-31(40)23-7-14-30(36-16-23)38-17-27(15-25(38)20-43-19-21-3-4-21)44-26-10-8-24(9-11-26)32(33,34)35/h5-14,16,21,25,27,29,39H,2-4,15,17-20H2,1H3,(H,37,40)/t25-,27+,29?/m0/s1. The molecule has 13 heteroatoms. The van der Waals surface area contributed by atoms with Crippen LogP contribution in [0.25, 0.3) is 0 Å². The second kappa shape index (κ2) is 13.8. The summed E-state index contributed by atoms with van der Waals surface area (Å²) in [5.41, 5.74) is 0.0737. The van der Waals surface area contributed by atoms with Crippen LogP contribution in [-0.2, 0) is 20.8 Å². The van der Waals surface area contributed by atoms with Gasteiger partial charge in [-0.15, -0.1) is 0 Å². The van der Waals surface area contributed by atoms with Gasteiger partial charge >= 0.3 is 6.18 Å². The largest absolute Gasteiger partial charge is 0.489 e. The van der Waals surface area contributed by atoms with Crippen LogP contribution >= 0.6 is 0 Å². The highest BCUT2D eigenvalue weighted by Gasteiger charge is 2.36. The van der Waals surface area contributed by atoms with Crippen molar-refractivity contribution >= 4 is 21.6 Å². The van der Waals surface area contributed by atoms with Gasteiger partial charge in [-0.2, -0.15) is 13.2 Å². The zero-order valence-electron chi connectivity index (χ0n) is 24.7. The van der Waals surface area contributed by atoms with Crippen LogP contribution in [-0.4, -0.2) is 68.7 Å². The van der Waals surface area contributed by atoms with Gasteiger partial charge in [-0.3, -0.25) is 4.79 Å². The molecule has 2 N–H and O–H groups in total. The van der Waals surface area contributed by atoms with Crippen molar-refractivity contribution in [1.29, 1.82) is 0 Å². The molecule has 2 fully saturated rings. The molecule has 1 aliphatic carbocycles. The molecule has 1 amide bonds. The van der Waals surface area contributed by atoms with Crippen LogP contribution in [0.3, 0.4) is 0 Å². The number of halogens is 3. The van der Waals surface area contributed by atoms with E-state index in [4.69, 9.17) is 9.47 Å². The summed E-state index contributed by atoms with van der Waals surface area (Å²) in [4.78, 5) is 19.7. The zero-order valence-corrected chi connectivity index (χ0v) is 25.6. The number of aromatic nitrogens is 1. The molecule has 1 saturated carbocycles. The molecule has 1 aliphatic heterocycles. The first kappa shape index (κ1) is 32.7. The fourth-order valence-corrected chi connectivity index (χ4v) is 6.09. The van der Waals surface area contributed by atoms with E-state index in [2.05, 4.69) is 10.3 Å². The summed E-state index contributed by atoms with van der Waals surface area (Å²) in [6.45, 7) is 2.69. The van der Waals surface area contributed by atoms with Gasteiger partial charge in [-0.25, -0.2) is 13.4 Å². The smallest absolute Gasteiger partial charge is 0.416 e. The number of alkyl halides is 3. The van der Waals surface area contributed by atoms with Gasteiger partial charge in [-0.1, -0.05) is 19.1 Å². The average Bonchev–Trinajstić information content (AvgIpc) is 3.78. The number of rotatable bonds is 13. The number of hydrogen-bond acceptors (Lipinski definition) is 8. The van der Waals surface area contributed by atoms with Gasteiger partial charge in [0.05, 0.1) is 53.6 Å². The molecule has 45 heavy (non-hydrogen) atoms. The Hall–Kier alpha value is -3.68. The number of aliphatic hydroxyl groups excluding tert-OH is 1. The van der Waals surface area contributed by atoms with E-state index in [1.807, 2.05) is 4.90 Å². The lowest BCUT2D eigenvalue weighted by Crippen LogP contribution is -2.34. The number of anilines is 1. The van der Waals surface area contributed by atoms with Crippen LogP contribution in [0.1, 0.15) is 53.7 Å². The highest BCUT2D eigenvalue weighted by molar-refractivity contribution is 7.91. The van der Waals surface area contributed by atoms with Crippen molar-refractivity contribution in [1.82, 2.24) is 10.3 Å². The third-order valence-corrected chi connectivity index (χ3v) is 9.79. The maximum absolute atomic E-state index is 13.0. The molecular weight excluding hydrogens is 611 g/mol. The van der Waals surface area contributed by atoms with Gasteiger partial charge in [0.25, 0.3) is 5.91 Å². The Bertz CT molecular complexity index is 1550. The Labute approximate surface area is 260 Å². The van der Waals surface area contributed by atoms with Crippen LogP contribution < -0.4 is 15.0 Å². The van der Waals surface area contributed by atoms with Crippen molar-refractivity contribution < 1.29 is 41.0 Å². The van der Waals surface area contributed by atoms with Gasteiger partial charge in [0.15, 0.2) is 9.84 Å². The number of amides is 1. The topological polar surface area (TPSA) is 118 Å². The third kappa shape index (κ3) is 8.33. The maximum atomic E-state index is 13.0. The van der Waals surface area contributed by atoms with Crippen LogP contribution in [0, 0.1) is 5.92 Å². The highest BCUT2D eigenvalue weighted by Crippen LogP contribution is 2.33. The van der Waals surface area contributed by atoms with Crippen LogP contribution in [0.15, 0.2) is 71.8 Å². The van der Waals surface area contributed by atoms with Crippen molar-refractivity contribution in [3.8, 4) is 5.75 Å². The number of ether oxygens (including phenoxy) is 2. The van der Waals surface area contributed by atoms with Crippen molar-refractivity contribution in [2.75, 3.05) is 37.0 Å². The van der Waals surface area contributed by atoms with Gasteiger partial charge in [0, 0.05) is 19.2 Å². The Balaban J connectivity index is 1.24. The minimum absolute atomic E-state index is 0.0337. The number of pyridine rings is 1. The molecule has 242 valence electrons. The summed E-state index contributed by atoms with van der Waals surface area (Å²) >= 11 is 0. The lowest BCUT2D eigenvalue weighted by molar-refractivity contribution is -0.137. The molecule has 2 aromatic carbocycles. The molecule has 0 radical (unpaired) electrons. The Morgan fingerprint density at radius 1 is 1.07 bits per heavy atom. The SMILES string of the molecule is CCS(=O)(=O)c1ccc(C(CO)NC(=O)c2ccc(N3C[C@H](Oc4ccc(C(F)(F)F)cc4)C[C@H]3COCC3CC3)nc2)cc1. The number of hydrogen-bond donors (Lipinski definition) is 2. The number of nitrogens with zero attached hydrogens (tertiary/aromatic N) is 2. The summed E-state index contributed by atoms with van der Waals surface area (Å²) in [7, 11) is -3.38. The zero-order chi connectivity index (χ0) is 32.2. The molecule has 1 aromatic heterocycles. The van der Waals surface area contributed by atoms with E-state index >= 15 is 0 Å². The second-order valence-corrected chi connectivity index (χ2v) is 13.6. The second-order valence-electron chi connectivity index (χ2n) is 11.4. The molecule has 1 saturated heterocycles. The first-order valence-electron chi connectivity index (χ1n) is 14.9. The van der Waals surface area contributed by atoms with Crippen LogP contribution in [0.2, 0.25) is 0 Å². The quantitative estimate of drug-likeness (QED) is 0.272. The fraction of sp³-hybridized carbons (Fsp3) is 0.438. The minimum Gasteiger partial charge on any atom is -0.489 e. The molecule has 1 unspecified atom stereocenters. The molecule has 9 nitrogen and oxygen atoms in total. The molecular formula is C32H36F3N3O6S. The molecule has 0 bridgehead atoms. The Morgan fingerprint density at radius 2 is 1.78 bits per heavy atom. The van der Waals surface area contributed by atoms with E-state index in [-0.39, 0.29) is 28.4 Å². The van der Waals surface area contributed by atoms with Crippen LogP contribution in [0.5, 0.6) is 5.75 Å². The predicted octanol–water partition coefficient (Wildman–Crippen LogP) is 4.81. The lowest BCUT2D eigenvalue weighted by atomic mass is 10.1. The number of benzene rings is 2. The molecule has 3 atom stereocenters. The Kier molecular flexibility index (Phi) is 10.00. The molecule has 0 spiro atoms. The van der Waals surface area contributed by atoms with Crippen molar-refractivity contribution in [2.45, 2.75) is 55.4 Å². The third-order valence-electron chi connectivity index (χ3n) is 8.04. The first-order valence-corrected chi connectivity index (χ1v) is 16.5. The van der Waals surface area contributed by atoms with Gasteiger partial charge in [0.1, 0.15) is 17.7 Å². The normalized spacial score (nSPS) is 19.4. The van der Waals surface area contributed by atoms with Crippen molar-refractivity contribution in [2.24, 2.45) is 5.92 Å². The number of nitrogens with one attached hydrogen (secondary N) is 1. The van der Waals surface area contributed by atoms with E-state index in [1.54, 1.807) is 31.2 Å². The monoisotopic (exact) mass is 647 g/mol. The van der Waals surface area contributed by atoms with E-state index in [1.165, 1.54) is 30.5 Å². The van der Waals surface area contributed by atoms with Crippen molar-refractivity contribution in [3.63, 3.8) is 0 Å². The van der Waals surface area contributed by atoms with E-state index in [9.17, 15) is 31.5 Å². The summed E-state index contributed by atoms with van der Waals surface area (Å²) in [6.07, 6.45) is -0.421. The van der Waals surface area contributed by atoms with E-state index in [0.717, 1.165) is 25.0 Å². The average molecular weight is 648 g/mol. The summed E-state index contributed by atoms with van der Waals surface area (Å²) in [5, 5.41) is 12.7. The summed E-state index contributed by atoms with van der Waals surface area (Å²) in [5.74, 6) is 1.02. The molecule has 5 rings (SSSR count). The molecule has 2 heterocycles. The van der Waals surface area contributed by atoms with E-state index in [0.29, 0.717) is 49.2 Å². The Morgan fingerprint density at radius 3 is 2.36 bits per heavy atom. The summed E-state index contributed by atoms with van der Waals surface area (Å²) in [6, 6.07) is 13.1. The number of carbonyl (C=O) groups excluding carboxylic acids is 1. The van der Waals surface area contributed by atoms with Crippen molar-refractivity contribution in [3.05, 3.63) is 83.6 Å². The van der Waals surface area contributed by atoms with Gasteiger partial charge in [-0.05, 0) is 72.9 Å².